The summed E-state index contributed by atoms with van der Waals surface area (Å²) in [5.74, 6) is -1.41. The zero-order chi connectivity index (χ0) is 37.0. The van der Waals surface area contributed by atoms with E-state index in [9.17, 15) is 14.7 Å². The van der Waals surface area contributed by atoms with Crippen LogP contribution >= 0.6 is 11.3 Å². The number of nitrogens with one attached hydrogen (secondary N) is 1. The number of pyridine rings is 2. The maximum Gasteiger partial charge on any atom is 0.355 e. The lowest BCUT2D eigenvalue weighted by Crippen LogP contribution is -2.53. The van der Waals surface area contributed by atoms with E-state index in [1.54, 1.807) is 18.5 Å². The van der Waals surface area contributed by atoms with Crippen molar-refractivity contribution < 1.29 is 19.4 Å². The third-order valence-electron chi connectivity index (χ3n) is 11.7. The number of carbonyl (C=O) groups excluding carboxylic acids is 1. The smallest absolute Gasteiger partial charge is 0.355 e. The van der Waals surface area contributed by atoms with Gasteiger partial charge >= 0.3 is 5.97 Å². The molecular weight excluding hydrogens is 685 g/mol. The molecule has 3 atom stereocenters. The summed E-state index contributed by atoms with van der Waals surface area (Å²) in [6, 6.07) is 18.7. The summed E-state index contributed by atoms with van der Waals surface area (Å²) in [5.41, 5.74) is 4.63. The van der Waals surface area contributed by atoms with Gasteiger partial charge in [0.05, 0.1) is 22.2 Å². The molecule has 4 heterocycles. The number of ether oxygens (including phenoxy) is 1. The summed E-state index contributed by atoms with van der Waals surface area (Å²) < 4.78 is 9.29. The number of nitrogens with zero attached hydrogens (tertiary/aromatic N) is 5. The molecule has 2 aliphatic carbocycles. The second-order valence-electron chi connectivity index (χ2n) is 15.6. The molecule has 0 spiro atoms. The van der Waals surface area contributed by atoms with E-state index < -0.39 is 5.97 Å². The first kappa shape index (κ1) is 35.1. The summed E-state index contributed by atoms with van der Waals surface area (Å²) in [4.78, 5) is 39.7. The number of rotatable bonds is 10. The number of aromatic carboxylic acids is 1. The molecule has 1 amide bonds. The number of carbonyl (C=O) groups is 2. The Morgan fingerprint density at radius 3 is 2.68 bits per heavy atom. The van der Waals surface area contributed by atoms with Crippen molar-refractivity contribution >= 4 is 49.5 Å². The summed E-state index contributed by atoms with van der Waals surface area (Å²) in [6.45, 7) is 7.48. The molecule has 0 aliphatic heterocycles. The van der Waals surface area contributed by atoms with Gasteiger partial charge in [-0.05, 0) is 103 Å². The zero-order valence-electron chi connectivity index (χ0n) is 30.6. The van der Waals surface area contributed by atoms with Gasteiger partial charge < -0.3 is 9.84 Å². The highest BCUT2D eigenvalue weighted by molar-refractivity contribution is 7.22. The first-order valence-electron chi connectivity index (χ1n) is 18.4. The number of fused-ring (bicyclic) bond motifs is 4. The van der Waals surface area contributed by atoms with Gasteiger partial charge in [0.1, 0.15) is 0 Å². The van der Waals surface area contributed by atoms with Crippen LogP contribution in [0.4, 0.5) is 5.13 Å². The van der Waals surface area contributed by atoms with Gasteiger partial charge in [0, 0.05) is 47.8 Å². The fourth-order valence-electron chi connectivity index (χ4n) is 9.67. The lowest BCUT2D eigenvalue weighted by Gasteiger charge is -2.58. The molecule has 2 saturated carbocycles. The van der Waals surface area contributed by atoms with Crippen LogP contribution in [0.2, 0.25) is 0 Å². The highest BCUT2D eigenvalue weighted by atomic mass is 32.1. The molecule has 0 saturated heterocycles. The van der Waals surface area contributed by atoms with Gasteiger partial charge in [-0.25, -0.2) is 14.8 Å². The Morgan fingerprint density at radius 2 is 1.89 bits per heavy atom. The van der Waals surface area contributed by atoms with Gasteiger partial charge in [-0.3, -0.25) is 14.8 Å². The second-order valence-corrected chi connectivity index (χ2v) is 16.6. The Bertz CT molecular complexity index is 2350. The van der Waals surface area contributed by atoms with Crippen LogP contribution < -0.4 is 5.32 Å². The summed E-state index contributed by atoms with van der Waals surface area (Å²) in [5, 5.41) is 20.3. The van der Waals surface area contributed by atoms with E-state index in [4.69, 9.17) is 14.8 Å². The number of aromatic nitrogens is 5. The molecule has 2 N–H and O–H groups in total. The number of hydrogen-bond donors (Lipinski definition) is 2. The first-order valence-corrected chi connectivity index (χ1v) is 19.2. The number of amides is 1. The predicted octanol–water partition coefficient (Wildman–Crippen LogP) is 9.57. The Kier molecular flexibility index (Phi) is 8.89. The minimum absolute atomic E-state index is 0.0388. The van der Waals surface area contributed by atoms with Crippen LogP contribution in [0.25, 0.3) is 43.5 Å². The Morgan fingerprint density at radius 1 is 1.02 bits per heavy atom. The number of methoxy groups -OCH3 is 1. The Labute approximate surface area is 312 Å². The topological polar surface area (TPSA) is 132 Å². The normalized spacial score (nSPS) is 22.6. The van der Waals surface area contributed by atoms with Gasteiger partial charge in [0.15, 0.2) is 16.5 Å². The molecule has 6 aromatic rings. The fourth-order valence-corrected chi connectivity index (χ4v) is 10.5. The van der Waals surface area contributed by atoms with E-state index in [2.05, 4.69) is 33.8 Å². The highest BCUT2D eigenvalue weighted by Crippen LogP contribution is 2.61. The monoisotopic (exact) mass is 728 g/mol. The van der Waals surface area contributed by atoms with Crippen molar-refractivity contribution in [3.8, 4) is 22.4 Å². The lowest BCUT2D eigenvalue weighted by atomic mass is 9.51. The number of benzene rings is 2. The van der Waals surface area contributed by atoms with Crippen molar-refractivity contribution in [2.24, 2.45) is 10.8 Å². The fraction of sp³-hybridized carbons (Fsp3) is 0.381. The van der Waals surface area contributed by atoms with Gasteiger partial charge in [0.2, 0.25) is 0 Å². The highest BCUT2D eigenvalue weighted by Gasteiger charge is 2.55. The lowest BCUT2D eigenvalue weighted by molar-refractivity contribution is -0.152. The van der Waals surface area contributed by atoms with E-state index in [0.29, 0.717) is 33.2 Å². The zero-order valence-corrected chi connectivity index (χ0v) is 31.4. The van der Waals surface area contributed by atoms with Crippen molar-refractivity contribution in [2.45, 2.75) is 84.3 Å². The molecule has 2 bridgehead atoms. The standard InChI is InChI=1S/C42H44N6O4S/c1-5-16-42(52-4)23-40(3)17-8-18-41(22-40,24-42)25-48-26(2)32(21-44-48)29-14-15-33(45-35(29)38(50)51)28-13-12-27-9-6-10-30(31(27)20-28)37(49)47-39-46-36-34(53-39)11-7-19-43-36/h6-7,9-15,19-21H,5,8,16-18,22-25H2,1-4H3,(H,50,51)(H,43,46,47,49). The van der Waals surface area contributed by atoms with Crippen LogP contribution in [0.5, 0.6) is 0 Å². The maximum absolute atomic E-state index is 13.5. The van der Waals surface area contributed by atoms with Crippen LogP contribution in [0.3, 0.4) is 0 Å². The molecule has 11 heteroatoms. The van der Waals surface area contributed by atoms with Crippen molar-refractivity contribution in [3.63, 3.8) is 0 Å². The second kappa shape index (κ2) is 13.4. The largest absolute Gasteiger partial charge is 0.476 e. The quantitative estimate of drug-likeness (QED) is 0.143. The number of thiazole rings is 1. The van der Waals surface area contributed by atoms with E-state index in [1.807, 2.05) is 68.6 Å². The summed E-state index contributed by atoms with van der Waals surface area (Å²) >= 11 is 1.36. The van der Waals surface area contributed by atoms with Gasteiger partial charge in [-0.15, -0.1) is 0 Å². The average molecular weight is 729 g/mol. The molecule has 2 aromatic carbocycles. The first-order chi connectivity index (χ1) is 25.5. The van der Waals surface area contributed by atoms with Crippen molar-refractivity contribution in [1.29, 1.82) is 0 Å². The summed E-state index contributed by atoms with van der Waals surface area (Å²) in [6.07, 6.45) is 12.4. The third kappa shape index (κ3) is 6.50. The Balaban J connectivity index is 1.09. The number of carboxylic acid groups (broad SMARTS) is 1. The average Bonchev–Trinajstić information content (AvgIpc) is 3.72. The number of anilines is 1. The maximum atomic E-state index is 13.5. The molecule has 2 fully saturated rings. The van der Waals surface area contributed by atoms with Crippen molar-refractivity contribution in [2.75, 3.05) is 12.4 Å². The minimum atomic E-state index is -1.11. The van der Waals surface area contributed by atoms with Gasteiger partial charge in [-0.1, -0.05) is 62.3 Å². The van der Waals surface area contributed by atoms with Gasteiger partial charge in [-0.2, -0.15) is 10.1 Å². The van der Waals surface area contributed by atoms with Crippen LogP contribution in [0, 0.1) is 17.8 Å². The molecule has 0 radical (unpaired) electrons. The van der Waals surface area contributed by atoms with Gasteiger partial charge in [0.25, 0.3) is 5.91 Å². The molecule has 3 unspecified atom stereocenters. The number of hydrogen-bond acceptors (Lipinski definition) is 8. The van der Waals surface area contributed by atoms with E-state index in [-0.39, 0.29) is 28.0 Å². The van der Waals surface area contributed by atoms with E-state index in [1.165, 1.54) is 24.2 Å². The Hall–Kier alpha value is -5.00. The minimum Gasteiger partial charge on any atom is -0.476 e. The molecule has 272 valence electrons. The van der Waals surface area contributed by atoms with Crippen molar-refractivity contribution in [3.05, 3.63) is 90.0 Å². The predicted molar refractivity (Wildman–Crippen MR) is 208 cm³/mol. The number of carboxylic acids is 1. The van der Waals surface area contributed by atoms with E-state index >= 15 is 0 Å². The molecule has 10 nitrogen and oxygen atoms in total. The molecular formula is C42H44N6O4S. The molecule has 53 heavy (non-hydrogen) atoms. The molecule has 8 rings (SSSR count). The van der Waals surface area contributed by atoms with Crippen LogP contribution in [-0.4, -0.2) is 54.4 Å². The van der Waals surface area contributed by atoms with Crippen LogP contribution in [0.15, 0.2) is 73.1 Å². The molecule has 4 aromatic heterocycles. The van der Waals surface area contributed by atoms with Crippen LogP contribution in [0.1, 0.15) is 91.8 Å². The molecule has 2 aliphatic rings. The third-order valence-corrected chi connectivity index (χ3v) is 12.6. The van der Waals surface area contributed by atoms with E-state index in [0.717, 1.165) is 71.8 Å². The summed E-state index contributed by atoms with van der Waals surface area (Å²) in [7, 11) is 1.88. The SMILES string of the molecule is CCCC1(OC)CC2(C)CCCC(Cn3ncc(-c4ccc(-c5ccc6cccc(C(=O)Nc7nc8ncccc8s7)c6c5)nc4C(=O)O)c3C)(C2)C1. The van der Waals surface area contributed by atoms with Crippen molar-refractivity contribution in [1.82, 2.24) is 24.7 Å². The van der Waals surface area contributed by atoms with Crippen LogP contribution in [-0.2, 0) is 11.3 Å².